The number of unbranched alkanes of at least 4 members (excludes halogenated alkanes) is 28. The van der Waals surface area contributed by atoms with Gasteiger partial charge in [-0.25, -0.2) is 0 Å². The number of carbonyl (C=O) groups is 4. The maximum atomic E-state index is 11.5. The lowest BCUT2D eigenvalue weighted by Gasteiger charge is -2.18. The van der Waals surface area contributed by atoms with Gasteiger partial charge < -0.3 is 29.2 Å². The fraction of sp³-hybridized carbons (Fsp3) is 0.647. The first-order chi connectivity index (χ1) is 46.0. The first-order valence-electron chi connectivity index (χ1n) is 37.3. The molecule has 556 valence electrons. The second-order valence-corrected chi connectivity index (χ2v) is 24.0. The number of carbonyl (C=O) groups excluding carboxylic acids is 4. The third-order valence-electron chi connectivity index (χ3n) is 15.0. The standard InChI is InChI=1S/C17H30O.C16H31N.2C14H24O2.2C12H20O2.H2O/c1-5-8-9-10-11-12-13-14-15-16(4)18-17(6-2)7-3;1-4-7-8-9-10-11-12-13-16-17(14-5-2)15-6-3;1-4-7-8-9-10-11-12-14(15)16-13(5-2)6-3;1-4-7-8-9-12-14(15)16-13(10-5-2)11-6-3;2*1-4-7-8-9-10-12(13)14-11(5-2)6-3;/h6-7,17H,2-5,8-15H2,1H3;5-6H,2-4,7-16H2,1H3;2*5-6,13H,2-4,7-12H2,1H3;2*5-6,11H,2-4,7-10H2,1H3;1H2. The summed E-state index contributed by atoms with van der Waals surface area (Å²) < 4.78 is 26.1. The number of hydrogen-bond acceptors (Lipinski definition) is 10. The van der Waals surface area contributed by atoms with Crippen LogP contribution in [0.25, 0.3) is 0 Å². The van der Waals surface area contributed by atoms with Gasteiger partial charge in [0.25, 0.3) is 0 Å². The van der Waals surface area contributed by atoms with Gasteiger partial charge in [-0.05, 0) is 93.7 Å². The van der Waals surface area contributed by atoms with Gasteiger partial charge >= 0.3 is 23.9 Å². The van der Waals surface area contributed by atoms with Crippen LogP contribution in [0.3, 0.4) is 0 Å². The Bertz CT molecular complexity index is 1790. The fourth-order valence-corrected chi connectivity index (χ4v) is 9.15. The van der Waals surface area contributed by atoms with Gasteiger partial charge in [0.05, 0.1) is 5.76 Å². The molecule has 96 heavy (non-hydrogen) atoms. The third-order valence-corrected chi connectivity index (χ3v) is 15.0. The molecule has 2 N–H and O–H groups in total. The Morgan fingerprint density at radius 3 is 0.760 bits per heavy atom. The highest BCUT2D eigenvalue weighted by molar-refractivity contribution is 5.71. The lowest BCUT2D eigenvalue weighted by molar-refractivity contribution is -0.149. The predicted octanol–water partition coefficient (Wildman–Crippen LogP) is 24.3. The Morgan fingerprint density at radius 2 is 0.510 bits per heavy atom. The molecule has 0 amide bonds. The van der Waals surface area contributed by atoms with Gasteiger partial charge in [0.2, 0.25) is 0 Å². The van der Waals surface area contributed by atoms with Crippen molar-refractivity contribution in [2.45, 2.75) is 335 Å². The van der Waals surface area contributed by atoms with Gasteiger partial charge in [0.15, 0.2) is 0 Å². The molecule has 11 heteroatoms. The summed E-state index contributed by atoms with van der Waals surface area (Å²) >= 11 is 0. The minimum atomic E-state index is -0.340. The number of ether oxygens (including phenoxy) is 5. The molecule has 0 saturated carbocycles. The van der Waals surface area contributed by atoms with Crippen molar-refractivity contribution in [2.24, 2.45) is 0 Å². The van der Waals surface area contributed by atoms with Gasteiger partial charge in [0, 0.05) is 58.0 Å². The first-order valence-corrected chi connectivity index (χ1v) is 37.3. The molecule has 0 aromatic rings. The van der Waals surface area contributed by atoms with Crippen LogP contribution < -0.4 is 0 Å². The van der Waals surface area contributed by atoms with E-state index in [1.54, 1.807) is 60.8 Å². The van der Waals surface area contributed by atoms with Crippen molar-refractivity contribution in [3.05, 3.63) is 164 Å². The Morgan fingerprint density at radius 1 is 0.292 bits per heavy atom. The molecule has 0 radical (unpaired) electrons. The topological polar surface area (TPSA) is 149 Å². The number of hydrogen-bond donors (Lipinski definition) is 0. The molecule has 0 fully saturated rings. The molecule has 0 unspecified atom stereocenters. The van der Waals surface area contributed by atoms with Crippen molar-refractivity contribution < 1.29 is 48.3 Å². The zero-order valence-corrected chi connectivity index (χ0v) is 63.2. The van der Waals surface area contributed by atoms with Crippen LogP contribution in [0.5, 0.6) is 0 Å². The van der Waals surface area contributed by atoms with E-state index in [0.29, 0.717) is 38.5 Å². The third kappa shape index (κ3) is 86.2. The van der Waals surface area contributed by atoms with Crippen molar-refractivity contribution in [1.82, 2.24) is 4.90 Å². The molecule has 0 aromatic heterocycles. The molecule has 0 aliphatic rings. The van der Waals surface area contributed by atoms with Crippen molar-refractivity contribution >= 4 is 23.9 Å². The zero-order valence-electron chi connectivity index (χ0n) is 63.2. The highest BCUT2D eigenvalue weighted by Crippen LogP contribution is 2.16. The minimum absolute atomic E-state index is 0. The van der Waals surface area contributed by atoms with Crippen LogP contribution in [-0.4, -0.2) is 84.4 Å². The molecular formula is C85H151NO10. The molecule has 11 nitrogen and oxygen atoms in total. The number of nitrogens with zero attached hydrogens (tertiary/aromatic N) is 1. The number of rotatable bonds is 62. The molecule has 0 spiro atoms. The lowest BCUT2D eigenvalue weighted by atomic mass is 10.1. The average Bonchev–Trinajstić information content (AvgIpc) is 3.67. The van der Waals surface area contributed by atoms with E-state index in [9.17, 15) is 19.2 Å². The average molecular weight is 1350 g/mol. The highest BCUT2D eigenvalue weighted by atomic mass is 16.6. The fourth-order valence-electron chi connectivity index (χ4n) is 9.15. The summed E-state index contributed by atoms with van der Waals surface area (Å²) in [6.45, 7) is 63.9. The molecule has 0 saturated heterocycles. The van der Waals surface area contributed by atoms with Gasteiger partial charge in [0.1, 0.15) is 30.5 Å². The SMILES string of the molecule is C=CC(C=C)OC(=C)CCCCCCCCCC.C=CC(C=C)OC(=O)CCCCCC.C=CC(C=C)OC(=O)CCCCCC.C=CC(C=C)OC(=O)CCCCCCCC.C=CCC(CC=C)OC(=O)CCCCCC.C=CCN(CC=C)CCCCCCCCCC.O. The molecule has 0 atom stereocenters. The van der Waals surface area contributed by atoms with Crippen molar-refractivity contribution in [3.63, 3.8) is 0 Å². The van der Waals surface area contributed by atoms with Crippen molar-refractivity contribution in [1.29, 1.82) is 0 Å². The summed E-state index contributed by atoms with van der Waals surface area (Å²) in [6, 6.07) is 0. The normalized spacial score (nSPS) is 10.1. The summed E-state index contributed by atoms with van der Waals surface area (Å²) in [5.74, 6) is 0.285. The Labute approximate surface area is 593 Å². The summed E-state index contributed by atoms with van der Waals surface area (Å²) in [7, 11) is 0. The van der Waals surface area contributed by atoms with Crippen LogP contribution in [-0.2, 0) is 42.9 Å². The van der Waals surface area contributed by atoms with Crippen LogP contribution in [0.2, 0.25) is 0 Å². The molecule has 0 aliphatic carbocycles. The lowest BCUT2D eigenvalue weighted by Crippen LogP contribution is -2.24. The predicted molar refractivity (Wildman–Crippen MR) is 419 cm³/mol. The summed E-state index contributed by atoms with van der Waals surface area (Å²) in [6.07, 6.45) is 65.6. The van der Waals surface area contributed by atoms with Gasteiger partial charge in [-0.1, -0.05) is 305 Å². The molecule has 0 rings (SSSR count). The summed E-state index contributed by atoms with van der Waals surface area (Å²) in [5.41, 5.74) is 0. The summed E-state index contributed by atoms with van der Waals surface area (Å²) in [5, 5.41) is 0. The van der Waals surface area contributed by atoms with Crippen molar-refractivity contribution in [3.8, 4) is 0 Å². The van der Waals surface area contributed by atoms with Crippen LogP contribution in [0, 0.1) is 0 Å². The van der Waals surface area contributed by atoms with E-state index in [1.165, 1.54) is 173 Å². The first kappa shape index (κ1) is 104. The van der Waals surface area contributed by atoms with E-state index in [1.807, 2.05) is 12.2 Å². The largest absolute Gasteiger partial charge is 0.487 e. The summed E-state index contributed by atoms with van der Waals surface area (Å²) in [4.78, 5) is 47.7. The smallest absolute Gasteiger partial charge is 0.306 e. The van der Waals surface area contributed by atoms with E-state index < -0.39 is 0 Å². The van der Waals surface area contributed by atoms with E-state index >= 15 is 0 Å². The van der Waals surface area contributed by atoms with E-state index in [2.05, 4.69) is 132 Å². The second-order valence-electron chi connectivity index (χ2n) is 24.0. The molecule has 0 bridgehead atoms. The van der Waals surface area contributed by atoms with Crippen LogP contribution in [0.15, 0.2) is 164 Å². The number of esters is 4. The number of allylic oxidation sites excluding steroid dienone is 1. The molecule has 0 aliphatic heterocycles. The minimum Gasteiger partial charge on any atom is -0.487 e. The van der Waals surface area contributed by atoms with Crippen LogP contribution in [0.4, 0.5) is 0 Å². The van der Waals surface area contributed by atoms with Crippen molar-refractivity contribution in [2.75, 3.05) is 19.6 Å². The quantitative estimate of drug-likeness (QED) is 0.0189. The highest BCUT2D eigenvalue weighted by Gasteiger charge is 2.12. The second kappa shape index (κ2) is 89.2. The zero-order chi connectivity index (χ0) is 72.5. The maximum Gasteiger partial charge on any atom is 0.306 e. The monoisotopic (exact) mass is 1350 g/mol. The molecule has 0 heterocycles. The van der Waals surface area contributed by atoms with Gasteiger partial charge in [-0.3, -0.25) is 24.1 Å². The van der Waals surface area contributed by atoms with Gasteiger partial charge in [-0.15, -0.1) is 26.3 Å². The maximum absolute atomic E-state index is 11.5. The van der Waals surface area contributed by atoms with Gasteiger partial charge in [-0.2, -0.15) is 0 Å². The van der Waals surface area contributed by atoms with Crippen LogP contribution >= 0.6 is 0 Å². The van der Waals surface area contributed by atoms with E-state index in [0.717, 1.165) is 76.6 Å². The van der Waals surface area contributed by atoms with E-state index in [4.69, 9.17) is 23.7 Å². The van der Waals surface area contributed by atoms with E-state index in [-0.39, 0.29) is 59.9 Å². The Balaban J connectivity index is -0.000000198. The Hall–Kier alpha value is -5.78. The molecule has 0 aromatic carbocycles. The van der Waals surface area contributed by atoms with Crippen LogP contribution in [0.1, 0.15) is 305 Å². The Kier molecular flexibility index (Phi) is 96.4. The molecular weight excluding hydrogens is 1190 g/mol.